The second kappa shape index (κ2) is 35.7. The van der Waals surface area contributed by atoms with Gasteiger partial charge in [0.05, 0.1) is 11.1 Å². The Morgan fingerprint density at radius 2 is 0.806 bits per heavy atom. The van der Waals surface area contributed by atoms with Crippen molar-refractivity contribution in [2.45, 2.75) is 158 Å². The average molecular weight is 1300 g/mol. The van der Waals surface area contributed by atoms with Crippen molar-refractivity contribution < 1.29 is 4.92 Å². The van der Waals surface area contributed by atoms with Crippen molar-refractivity contribution >= 4 is 81.1 Å². The topological polar surface area (TPSA) is 83.7 Å². The molecular weight excluding hydrogens is 1200 g/mol. The molecule has 0 fully saturated rings. The fourth-order valence-electron chi connectivity index (χ4n) is 12.0. The second-order valence-electron chi connectivity index (χ2n) is 27.5. The van der Waals surface area contributed by atoms with Gasteiger partial charge in [-0.15, -0.1) is 0 Å². The number of benzene rings is 12. The molecule has 0 spiro atoms. The molecule has 15 rings (SSSR count). The van der Waals surface area contributed by atoms with Crippen LogP contribution in [0.3, 0.4) is 0 Å². The summed E-state index contributed by atoms with van der Waals surface area (Å²) in [5.41, 5.74) is 7.32. The van der Waals surface area contributed by atoms with Gasteiger partial charge in [0.2, 0.25) is 0 Å². The zero-order chi connectivity index (χ0) is 70.4. The van der Waals surface area contributed by atoms with Crippen molar-refractivity contribution in [3.8, 4) is 0 Å². The first kappa shape index (κ1) is 73.6. The number of nitro groups is 1. The summed E-state index contributed by atoms with van der Waals surface area (Å²) in [7, 11) is 0. The third-order valence-electron chi connectivity index (χ3n) is 17.7. The van der Waals surface area contributed by atoms with E-state index in [1.54, 1.807) is 28.1 Å². The van der Waals surface area contributed by atoms with Crippen molar-refractivity contribution in [2.75, 3.05) is 0 Å². The lowest BCUT2D eigenvalue weighted by atomic mass is 9.89. The number of aromatic nitrogens is 5. The number of hydrogen-bond acceptors (Lipinski definition) is 4. The highest BCUT2D eigenvalue weighted by atomic mass is 16.6. The van der Waals surface area contributed by atoms with Crippen LogP contribution in [-0.2, 0) is 0 Å². The standard InChI is InChI=1S/C19H16.C17H16.2C13H14.C9H12.C7H10N2O2.C7H11N.C5H9N3/c1-12(2)16-10-8-15-7-6-13-4-3-5-14-9-11-17(16)19(15)18(13)14;1-12(2)17-11-13-7-3-4-8-14(13)15-9-5-6-10-16(15)17;1-10(2)12-9-5-7-11-6-3-4-8-13(11)12;1-10(2)12-8-7-11-5-3-4-6-13(11)9-12;1-8(2)9-6-4-3-5-7-9;1-6(2)8-4-3-7(5-8)9(10)11;1-7(2)8-5-3-4-6-8;1-5(2)8-4-6-3-7-8/h3-12H,1-2H3;3-12H,1-2H3;2*3-10H,1-2H3;3-8H,1-2H3;3-6H,1-2H3;3-7H,1-2H3;3-5H,1-2H3. The second-order valence-corrected chi connectivity index (χ2v) is 27.5. The van der Waals surface area contributed by atoms with Crippen LogP contribution in [-0.4, -0.2) is 28.8 Å². The Bertz CT molecular complexity index is 4800. The summed E-state index contributed by atoms with van der Waals surface area (Å²) in [5, 5.41) is 33.3. The Labute approximate surface area is 583 Å². The summed E-state index contributed by atoms with van der Waals surface area (Å²) in [5.74, 6) is 3.00. The number of rotatable bonds is 9. The molecule has 3 aromatic heterocycles. The van der Waals surface area contributed by atoms with Gasteiger partial charge in [0, 0.05) is 42.8 Å². The van der Waals surface area contributed by atoms with E-state index in [0.29, 0.717) is 41.7 Å². The minimum absolute atomic E-state index is 0.152. The molecule has 0 aliphatic heterocycles. The predicted molar refractivity (Wildman–Crippen MR) is 423 cm³/mol. The highest BCUT2D eigenvalue weighted by molar-refractivity contribution is 6.23. The van der Waals surface area contributed by atoms with E-state index >= 15 is 0 Å². The Kier molecular flexibility index (Phi) is 26.8. The lowest BCUT2D eigenvalue weighted by Gasteiger charge is -2.15. The quantitative estimate of drug-likeness (QED) is 0.0819. The van der Waals surface area contributed by atoms with Gasteiger partial charge in [-0.25, -0.2) is 4.98 Å². The first-order chi connectivity index (χ1) is 47.1. The van der Waals surface area contributed by atoms with E-state index < -0.39 is 4.92 Å². The Morgan fingerprint density at radius 3 is 1.33 bits per heavy atom. The van der Waals surface area contributed by atoms with Crippen molar-refractivity contribution in [3.05, 3.63) is 318 Å². The molecule has 504 valence electrons. The van der Waals surface area contributed by atoms with Crippen molar-refractivity contribution in [2.24, 2.45) is 0 Å². The lowest BCUT2D eigenvalue weighted by Crippen LogP contribution is -1.99. The Balaban J connectivity index is 0.000000146. The van der Waals surface area contributed by atoms with Gasteiger partial charge in [0.15, 0.2) is 0 Å². The first-order valence-electron chi connectivity index (χ1n) is 35.0. The van der Waals surface area contributed by atoms with Gasteiger partial charge in [0.25, 0.3) is 5.69 Å². The molecule has 0 unspecified atom stereocenters. The fourth-order valence-corrected chi connectivity index (χ4v) is 12.0. The average Bonchev–Trinajstić information content (AvgIpc) is 0.915. The van der Waals surface area contributed by atoms with Gasteiger partial charge in [-0.05, 0) is 186 Å². The molecule has 0 amide bonds. The largest absolute Gasteiger partial charge is 0.352 e. The SMILES string of the molecule is CC(C)c1cc2ccccc2c2ccccc12.CC(C)c1ccc2ccc3cccc4ccc1c2c34.CC(C)c1ccc2ccccc2c1.CC(C)c1cccc2ccccc12.CC(C)c1ccccc1.CC(C)n1ccc([N+](=O)[O-])c1.CC(C)n1cccc1.CC(C)n1cncn1. The van der Waals surface area contributed by atoms with Crippen LogP contribution in [0.1, 0.15) is 186 Å². The minimum atomic E-state index is -0.390. The van der Waals surface area contributed by atoms with Crippen LogP contribution in [0.4, 0.5) is 5.69 Å². The molecule has 0 bridgehead atoms. The molecular formula is C90H102N6O2. The van der Waals surface area contributed by atoms with Crippen LogP contribution in [0.2, 0.25) is 0 Å². The van der Waals surface area contributed by atoms with Crippen LogP contribution in [0, 0.1) is 10.1 Å². The summed E-state index contributed by atoms with van der Waals surface area (Å²) < 4.78 is 5.78. The number of nitrogens with zero attached hydrogens (tertiary/aromatic N) is 6. The summed E-state index contributed by atoms with van der Waals surface area (Å²) >= 11 is 0. The van der Waals surface area contributed by atoms with Crippen molar-refractivity contribution in [3.63, 3.8) is 0 Å². The predicted octanol–water partition coefficient (Wildman–Crippen LogP) is 26.5. The zero-order valence-electron chi connectivity index (χ0n) is 60.7. The van der Waals surface area contributed by atoms with Crippen LogP contribution >= 0.6 is 0 Å². The molecule has 0 saturated carbocycles. The molecule has 0 N–H and O–H groups in total. The third-order valence-corrected chi connectivity index (χ3v) is 17.7. The smallest absolute Gasteiger partial charge is 0.286 e. The lowest BCUT2D eigenvalue weighted by molar-refractivity contribution is -0.384. The van der Waals surface area contributed by atoms with Gasteiger partial charge in [-0.2, -0.15) is 5.10 Å². The van der Waals surface area contributed by atoms with Gasteiger partial charge in [-0.1, -0.05) is 294 Å². The molecule has 3 heterocycles. The van der Waals surface area contributed by atoms with E-state index in [1.807, 2.05) is 32.0 Å². The van der Waals surface area contributed by atoms with E-state index in [-0.39, 0.29) is 11.7 Å². The van der Waals surface area contributed by atoms with Crippen molar-refractivity contribution in [1.82, 2.24) is 23.9 Å². The maximum absolute atomic E-state index is 10.2. The molecule has 0 aliphatic rings. The fraction of sp³-hybridized carbons (Fsp3) is 0.267. The van der Waals surface area contributed by atoms with Gasteiger partial charge in [-0.3, -0.25) is 14.8 Å². The summed E-state index contributed by atoms with van der Waals surface area (Å²) in [6.45, 7) is 34.8. The molecule has 8 heteroatoms. The maximum atomic E-state index is 10.2. The molecule has 0 atom stereocenters. The highest BCUT2D eigenvalue weighted by Crippen LogP contribution is 2.38. The highest BCUT2D eigenvalue weighted by Gasteiger charge is 2.13. The molecule has 8 nitrogen and oxygen atoms in total. The van der Waals surface area contributed by atoms with Crippen LogP contribution in [0.25, 0.3) is 75.4 Å². The van der Waals surface area contributed by atoms with E-state index in [2.05, 4.69) is 342 Å². The van der Waals surface area contributed by atoms with Crippen molar-refractivity contribution in [1.29, 1.82) is 0 Å². The molecule has 0 aliphatic carbocycles. The zero-order valence-corrected chi connectivity index (χ0v) is 60.7. The van der Waals surface area contributed by atoms with E-state index in [1.165, 1.54) is 115 Å². The van der Waals surface area contributed by atoms with Crippen LogP contribution < -0.4 is 0 Å². The monoisotopic (exact) mass is 1300 g/mol. The van der Waals surface area contributed by atoms with E-state index in [9.17, 15) is 10.1 Å². The molecule has 15 aromatic rings. The molecule has 12 aromatic carbocycles. The summed E-state index contributed by atoms with van der Waals surface area (Å²) in [6, 6.07) is 87.5. The van der Waals surface area contributed by atoms with E-state index in [4.69, 9.17) is 0 Å². The molecule has 0 radical (unpaired) electrons. The normalized spacial score (nSPS) is 11.1. The van der Waals surface area contributed by atoms with Gasteiger partial charge < -0.3 is 9.13 Å². The first-order valence-corrected chi connectivity index (χ1v) is 35.0. The van der Waals surface area contributed by atoms with E-state index in [0.717, 1.165) is 0 Å². The van der Waals surface area contributed by atoms with Gasteiger partial charge >= 0.3 is 0 Å². The molecule has 98 heavy (non-hydrogen) atoms. The van der Waals surface area contributed by atoms with Crippen LogP contribution in [0.15, 0.2) is 280 Å². The van der Waals surface area contributed by atoms with Crippen LogP contribution in [0.5, 0.6) is 0 Å². The Morgan fingerprint density at radius 1 is 0.327 bits per heavy atom. The third kappa shape index (κ3) is 19.7. The van der Waals surface area contributed by atoms with Gasteiger partial charge in [0.1, 0.15) is 12.7 Å². The summed E-state index contributed by atoms with van der Waals surface area (Å²) in [6.07, 6.45) is 10.6. The minimum Gasteiger partial charge on any atom is -0.352 e. The Hall–Kier alpha value is -10.2. The molecule has 0 saturated heterocycles. The summed E-state index contributed by atoms with van der Waals surface area (Å²) in [4.78, 5) is 13.6. The maximum Gasteiger partial charge on any atom is 0.286 e. The number of hydrogen-bond donors (Lipinski definition) is 0. The number of fused-ring (bicyclic) bond motifs is 5.